The number of carbonyl (C=O) groups is 2. The molecule has 1 heterocycles. The summed E-state index contributed by atoms with van der Waals surface area (Å²) in [6.45, 7) is 1.87. The Bertz CT molecular complexity index is 490. The lowest BCUT2D eigenvalue weighted by Gasteiger charge is -2.18. The number of anilines is 2. The molecule has 0 aromatic heterocycles. The van der Waals surface area contributed by atoms with Crippen molar-refractivity contribution in [3.63, 3.8) is 0 Å². The highest BCUT2D eigenvalue weighted by Crippen LogP contribution is 2.22. The molecule has 116 valence electrons. The smallest absolute Gasteiger partial charge is 0.321 e. The Morgan fingerprint density at radius 3 is 2.24 bits per heavy atom. The van der Waals surface area contributed by atoms with Crippen LogP contribution in [0.15, 0.2) is 24.3 Å². The molecular formula is C14H21ClN4O2. The summed E-state index contributed by atoms with van der Waals surface area (Å²) in [5.41, 5.74) is 6.55. The molecule has 1 fully saturated rings. The Morgan fingerprint density at radius 2 is 1.67 bits per heavy atom. The van der Waals surface area contributed by atoms with Crippen LogP contribution < -0.4 is 16.4 Å². The maximum absolute atomic E-state index is 12.1. The number of likely N-dealkylation sites (tertiary alicyclic amines) is 1. The van der Waals surface area contributed by atoms with Crippen molar-refractivity contribution in [3.05, 3.63) is 24.3 Å². The van der Waals surface area contributed by atoms with Crippen LogP contribution in [0.2, 0.25) is 0 Å². The summed E-state index contributed by atoms with van der Waals surface area (Å²) in [5.74, 6) is -0.157. The average molecular weight is 313 g/mol. The molecule has 0 spiro atoms. The number of amides is 3. The molecule has 4 N–H and O–H groups in total. The van der Waals surface area contributed by atoms with Crippen molar-refractivity contribution >= 4 is 35.7 Å². The molecule has 3 amide bonds. The van der Waals surface area contributed by atoms with Crippen LogP contribution in [0, 0.1) is 0 Å². The summed E-state index contributed by atoms with van der Waals surface area (Å²) in [7, 11) is 0. The topological polar surface area (TPSA) is 87.5 Å². The van der Waals surface area contributed by atoms with Gasteiger partial charge in [0.15, 0.2) is 0 Å². The number of nitrogens with zero attached hydrogens (tertiary/aromatic N) is 1. The summed E-state index contributed by atoms with van der Waals surface area (Å²) in [6.07, 6.45) is 2.35. The summed E-state index contributed by atoms with van der Waals surface area (Å²) < 4.78 is 0. The lowest BCUT2D eigenvalue weighted by Crippen LogP contribution is -2.32. The fourth-order valence-corrected chi connectivity index (χ4v) is 2.16. The number of hydrogen-bond acceptors (Lipinski definition) is 3. The molecule has 1 saturated heterocycles. The minimum Gasteiger partial charge on any atom is -0.330 e. The molecule has 7 heteroatoms. The highest BCUT2D eigenvalue weighted by Gasteiger charge is 2.18. The van der Waals surface area contributed by atoms with Gasteiger partial charge in [-0.1, -0.05) is 12.1 Å². The van der Waals surface area contributed by atoms with E-state index in [4.69, 9.17) is 5.73 Å². The molecule has 6 nitrogen and oxygen atoms in total. The number of hydrogen-bond donors (Lipinski definition) is 3. The van der Waals surface area contributed by atoms with E-state index in [-0.39, 0.29) is 30.8 Å². The van der Waals surface area contributed by atoms with E-state index in [1.807, 2.05) is 12.1 Å². The van der Waals surface area contributed by atoms with Gasteiger partial charge in [-0.15, -0.1) is 12.4 Å². The maximum atomic E-state index is 12.1. The lowest BCUT2D eigenvalue weighted by atomic mass is 10.2. The van der Waals surface area contributed by atoms with Crippen LogP contribution >= 0.6 is 12.4 Å². The lowest BCUT2D eigenvalue weighted by molar-refractivity contribution is -0.116. The van der Waals surface area contributed by atoms with E-state index in [0.29, 0.717) is 17.9 Å². The van der Waals surface area contributed by atoms with Crippen molar-refractivity contribution in [3.8, 4) is 0 Å². The third-order valence-electron chi connectivity index (χ3n) is 3.21. The highest BCUT2D eigenvalue weighted by atomic mass is 35.5. The SMILES string of the molecule is Cl.NCCC(=O)Nc1ccccc1NC(=O)N1CCCC1. The van der Waals surface area contributed by atoms with Crippen LogP contribution in [-0.4, -0.2) is 36.5 Å². The zero-order valence-corrected chi connectivity index (χ0v) is 12.6. The van der Waals surface area contributed by atoms with Crippen molar-refractivity contribution in [2.24, 2.45) is 5.73 Å². The zero-order chi connectivity index (χ0) is 14.4. The molecule has 1 aliphatic rings. The zero-order valence-electron chi connectivity index (χ0n) is 11.8. The largest absolute Gasteiger partial charge is 0.330 e. The van der Waals surface area contributed by atoms with Gasteiger partial charge in [0.1, 0.15) is 0 Å². The molecular weight excluding hydrogens is 292 g/mol. The molecule has 1 aromatic carbocycles. The Hall–Kier alpha value is -1.79. The first-order valence-electron chi connectivity index (χ1n) is 6.85. The van der Waals surface area contributed by atoms with Crippen LogP contribution in [0.3, 0.4) is 0 Å². The number of rotatable bonds is 4. The average Bonchev–Trinajstić information content (AvgIpc) is 2.95. The summed E-state index contributed by atoms with van der Waals surface area (Å²) in [6, 6.07) is 7.03. The van der Waals surface area contributed by atoms with Crippen LogP contribution in [0.4, 0.5) is 16.2 Å². The normalized spacial score (nSPS) is 13.5. The van der Waals surface area contributed by atoms with Gasteiger partial charge in [-0.05, 0) is 25.0 Å². The van der Waals surface area contributed by atoms with Crippen molar-refractivity contribution < 1.29 is 9.59 Å². The van der Waals surface area contributed by atoms with E-state index in [9.17, 15) is 9.59 Å². The molecule has 0 unspecified atom stereocenters. The van der Waals surface area contributed by atoms with Crippen LogP contribution in [0.1, 0.15) is 19.3 Å². The summed E-state index contributed by atoms with van der Waals surface area (Å²) in [4.78, 5) is 25.4. The number of para-hydroxylation sites is 2. The summed E-state index contributed by atoms with van der Waals surface area (Å²) in [5, 5.41) is 5.60. The number of nitrogens with two attached hydrogens (primary N) is 1. The third kappa shape index (κ3) is 4.91. The van der Waals surface area contributed by atoms with Gasteiger partial charge in [0.2, 0.25) is 5.91 Å². The molecule has 0 atom stereocenters. The second-order valence-corrected chi connectivity index (χ2v) is 4.76. The van der Waals surface area contributed by atoms with Gasteiger partial charge in [0, 0.05) is 26.1 Å². The van der Waals surface area contributed by atoms with Gasteiger partial charge >= 0.3 is 6.03 Å². The Morgan fingerprint density at radius 1 is 1.10 bits per heavy atom. The molecule has 1 aliphatic heterocycles. The third-order valence-corrected chi connectivity index (χ3v) is 3.21. The Balaban J connectivity index is 0.00000220. The predicted octanol–water partition coefficient (Wildman–Crippen LogP) is 2.02. The van der Waals surface area contributed by atoms with Crippen molar-refractivity contribution in [1.29, 1.82) is 0 Å². The molecule has 0 saturated carbocycles. The number of nitrogens with one attached hydrogen (secondary N) is 2. The van der Waals surface area contributed by atoms with E-state index >= 15 is 0 Å². The van der Waals surface area contributed by atoms with Crippen LogP contribution in [0.25, 0.3) is 0 Å². The van der Waals surface area contributed by atoms with E-state index in [0.717, 1.165) is 25.9 Å². The van der Waals surface area contributed by atoms with Gasteiger partial charge in [-0.25, -0.2) is 4.79 Å². The summed E-state index contributed by atoms with van der Waals surface area (Å²) >= 11 is 0. The fourth-order valence-electron chi connectivity index (χ4n) is 2.16. The molecule has 21 heavy (non-hydrogen) atoms. The second kappa shape index (κ2) is 8.49. The van der Waals surface area contributed by atoms with E-state index < -0.39 is 0 Å². The van der Waals surface area contributed by atoms with Crippen LogP contribution in [0.5, 0.6) is 0 Å². The minimum atomic E-state index is -0.157. The number of benzene rings is 1. The monoisotopic (exact) mass is 312 g/mol. The van der Waals surface area contributed by atoms with Crippen molar-refractivity contribution in [2.75, 3.05) is 30.3 Å². The van der Waals surface area contributed by atoms with Gasteiger partial charge in [-0.3, -0.25) is 4.79 Å². The highest BCUT2D eigenvalue weighted by molar-refractivity contribution is 5.99. The van der Waals surface area contributed by atoms with Crippen molar-refractivity contribution in [1.82, 2.24) is 4.90 Å². The molecule has 0 aliphatic carbocycles. The number of urea groups is 1. The van der Waals surface area contributed by atoms with Gasteiger partial charge in [0.25, 0.3) is 0 Å². The first-order chi connectivity index (χ1) is 9.70. The van der Waals surface area contributed by atoms with Crippen molar-refractivity contribution in [2.45, 2.75) is 19.3 Å². The number of carbonyl (C=O) groups excluding carboxylic acids is 2. The Labute approximate surface area is 130 Å². The van der Waals surface area contributed by atoms with E-state index in [1.54, 1.807) is 17.0 Å². The minimum absolute atomic E-state index is 0. The van der Waals surface area contributed by atoms with E-state index in [2.05, 4.69) is 10.6 Å². The molecule has 2 rings (SSSR count). The van der Waals surface area contributed by atoms with Crippen LogP contribution in [-0.2, 0) is 4.79 Å². The maximum Gasteiger partial charge on any atom is 0.321 e. The molecule has 0 bridgehead atoms. The first kappa shape index (κ1) is 17.3. The first-order valence-corrected chi connectivity index (χ1v) is 6.85. The Kier molecular flexibility index (Phi) is 6.98. The second-order valence-electron chi connectivity index (χ2n) is 4.76. The molecule has 1 aromatic rings. The quantitative estimate of drug-likeness (QED) is 0.795. The van der Waals surface area contributed by atoms with Gasteiger partial charge in [-0.2, -0.15) is 0 Å². The fraction of sp³-hybridized carbons (Fsp3) is 0.429. The standard InChI is InChI=1S/C14H20N4O2.ClH/c15-8-7-13(19)16-11-5-1-2-6-12(11)17-14(20)18-9-3-4-10-18;/h1-2,5-6H,3-4,7-10,15H2,(H,16,19)(H,17,20);1H. The molecule has 0 radical (unpaired) electrons. The number of halogens is 1. The van der Waals surface area contributed by atoms with E-state index in [1.165, 1.54) is 0 Å². The predicted molar refractivity (Wildman–Crippen MR) is 85.8 cm³/mol. The van der Waals surface area contributed by atoms with Gasteiger partial charge < -0.3 is 21.3 Å². The van der Waals surface area contributed by atoms with Gasteiger partial charge in [0.05, 0.1) is 11.4 Å².